The first-order valence-corrected chi connectivity index (χ1v) is 4.26. The van der Waals surface area contributed by atoms with E-state index >= 15 is 0 Å². The maximum absolute atomic E-state index is 10.6. The van der Waals surface area contributed by atoms with Gasteiger partial charge in [-0.1, -0.05) is 6.92 Å². The number of aliphatic carboxylic acids is 1. The Bertz CT molecular complexity index is 216. The molecule has 14 heavy (non-hydrogen) atoms. The average Bonchev–Trinajstić information content (AvgIpc) is 2.14. The van der Waals surface area contributed by atoms with Crippen LogP contribution in [0.5, 0.6) is 0 Å². The molecule has 0 spiro atoms. The maximum Gasteiger partial charge on any atom is 0.335 e. The lowest BCUT2D eigenvalue weighted by Gasteiger charge is -2.38. The van der Waals surface area contributed by atoms with Gasteiger partial charge in [-0.15, -0.1) is 0 Å². The highest BCUT2D eigenvalue weighted by Gasteiger charge is 2.45. The summed E-state index contributed by atoms with van der Waals surface area (Å²) in [5.41, 5.74) is 0. The van der Waals surface area contributed by atoms with Crippen molar-refractivity contribution >= 4 is 5.97 Å². The lowest BCUT2D eigenvalue weighted by atomic mass is 9.92. The highest BCUT2D eigenvalue weighted by Crippen LogP contribution is 2.26. The van der Waals surface area contributed by atoms with E-state index in [-0.39, 0.29) is 0 Å². The van der Waals surface area contributed by atoms with Crippen molar-refractivity contribution in [3.05, 3.63) is 0 Å². The molecule has 1 fully saturated rings. The molecule has 0 aromatic heterocycles. The van der Waals surface area contributed by atoms with Crippen molar-refractivity contribution in [1.82, 2.24) is 0 Å². The molecule has 0 aromatic carbocycles. The molecule has 0 bridgehead atoms. The van der Waals surface area contributed by atoms with Gasteiger partial charge in [0.05, 0.1) is 6.10 Å². The fourth-order valence-electron chi connectivity index (χ4n) is 1.47. The summed E-state index contributed by atoms with van der Waals surface area (Å²) < 4.78 is 9.81. The molecule has 0 unspecified atom stereocenters. The number of hydrogen-bond acceptors (Lipinski definition) is 5. The minimum absolute atomic E-state index is 0.467. The number of methoxy groups -OCH3 is 1. The van der Waals surface area contributed by atoms with Crippen LogP contribution >= 0.6 is 0 Å². The predicted molar refractivity (Wildman–Crippen MR) is 44.5 cm³/mol. The zero-order valence-electron chi connectivity index (χ0n) is 7.95. The Morgan fingerprint density at radius 2 is 1.93 bits per heavy atom. The number of carbonyl (C=O) groups is 1. The second kappa shape index (κ2) is 4.22. The molecular weight excluding hydrogens is 192 g/mol. The largest absolute Gasteiger partial charge is 0.479 e. The predicted octanol–water partition coefficient (Wildman–Crippen LogP) is -1.20. The molecule has 0 radical (unpaired) electrons. The van der Waals surface area contributed by atoms with E-state index in [1.807, 2.05) is 0 Å². The van der Waals surface area contributed by atoms with Crippen LogP contribution in [0, 0.1) is 5.92 Å². The van der Waals surface area contributed by atoms with Gasteiger partial charge >= 0.3 is 5.97 Å². The molecule has 0 saturated carbocycles. The Hall–Kier alpha value is -0.690. The van der Waals surface area contributed by atoms with Crippen LogP contribution in [-0.4, -0.2) is 53.0 Å². The summed E-state index contributed by atoms with van der Waals surface area (Å²) in [4.78, 5) is 10.6. The van der Waals surface area contributed by atoms with Gasteiger partial charge < -0.3 is 24.8 Å². The Kier molecular flexibility index (Phi) is 3.43. The second-order valence-corrected chi connectivity index (χ2v) is 3.34. The van der Waals surface area contributed by atoms with E-state index in [2.05, 4.69) is 0 Å². The third-order valence-electron chi connectivity index (χ3n) is 2.38. The zero-order valence-corrected chi connectivity index (χ0v) is 7.95. The molecule has 1 rings (SSSR count). The number of hydrogen-bond donors (Lipinski definition) is 3. The first kappa shape index (κ1) is 11.4. The lowest BCUT2D eigenvalue weighted by Crippen LogP contribution is -2.56. The van der Waals surface area contributed by atoms with Crippen LogP contribution in [-0.2, 0) is 14.3 Å². The number of carboxylic acid groups (broad SMARTS) is 1. The van der Waals surface area contributed by atoms with Gasteiger partial charge in [-0.3, -0.25) is 0 Å². The summed E-state index contributed by atoms with van der Waals surface area (Å²) in [6.45, 7) is 1.61. The highest BCUT2D eigenvalue weighted by atomic mass is 16.7. The van der Waals surface area contributed by atoms with Crippen molar-refractivity contribution in [1.29, 1.82) is 0 Å². The van der Waals surface area contributed by atoms with E-state index in [9.17, 15) is 15.0 Å². The van der Waals surface area contributed by atoms with Crippen LogP contribution in [0.4, 0.5) is 0 Å². The smallest absolute Gasteiger partial charge is 0.335 e. The number of carboxylic acids is 1. The quantitative estimate of drug-likeness (QED) is 0.525. The number of ether oxygens (including phenoxy) is 2. The first-order chi connectivity index (χ1) is 6.49. The van der Waals surface area contributed by atoms with Gasteiger partial charge in [0.25, 0.3) is 0 Å². The Morgan fingerprint density at radius 1 is 1.36 bits per heavy atom. The van der Waals surface area contributed by atoms with Crippen LogP contribution < -0.4 is 0 Å². The van der Waals surface area contributed by atoms with Crippen molar-refractivity contribution in [3.63, 3.8) is 0 Å². The summed E-state index contributed by atoms with van der Waals surface area (Å²) in [6, 6.07) is 0. The summed E-state index contributed by atoms with van der Waals surface area (Å²) in [6.07, 6.45) is -4.83. The van der Waals surface area contributed by atoms with Crippen molar-refractivity contribution in [3.8, 4) is 0 Å². The Morgan fingerprint density at radius 3 is 2.36 bits per heavy atom. The fourth-order valence-corrected chi connectivity index (χ4v) is 1.47. The molecule has 1 heterocycles. The topological polar surface area (TPSA) is 96.2 Å². The number of aliphatic hydroxyl groups is 2. The van der Waals surface area contributed by atoms with E-state index < -0.39 is 36.5 Å². The van der Waals surface area contributed by atoms with E-state index in [4.69, 9.17) is 14.6 Å². The van der Waals surface area contributed by atoms with Gasteiger partial charge in [-0.05, 0) is 0 Å². The lowest BCUT2D eigenvalue weighted by molar-refractivity contribution is -0.268. The molecule has 0 aliphatic carbocycles. The van der Waals surface area contributed by atoms with Gasteiger partial charge in [0.2, 0.25) is 0 Å². The molecule has 1 saturated heterocycles. The maximum atomic E-state index is 10.6. The number of rotatable bonds is 2. The first-order valence-electron chi connectivity index (χ1n) is 4.26. The summed E-state index contributed by atoms with van der Waals surface area (Å²) in [7, 11) is 1.35. The van der Waals surface area contributed by atoms with E-state index in [0.29, 0.717) is 0 Å². The molecule has 0 amide bonds. The minimum Gasteiger partial charge on any atom is -0.479 e. The van der Waals surface area contributed by atoms with E-state index in [1.54, 1.807) is 6.92 Å². The summed E-state index contributed by atoms with van der Waals surface area (Å²) in [5.74, 6) is -1.78. The molecule has 1 aliphatic heterocycles. The van der Waals surface area contributed by atoms with Crippen LogP contribution in [0.2, 0.25) is 0 Å². The standard InChI is InChI=1S/C8H14O6/c1-3-4(9)5(10)6(7(11)12)14-8(3)13-2/h3-6,8-10H,1-2H3,(H,11,12)/t3-,4-,5+,6+,8-/m1/s1. The van der Waals surface area contributed by atoms with Gasteiger partial charge in [0.15, 0.2) is 12.4 Å². The summed E-state index contributed by atoms with van der Waals surface area (Å²) >= 11 is 0. The van der Waals surface area contributed by atoms with Crippen molar-refractivity contribution in [2.45, 2.75) is 31.5 Å². The molecule has 3 N–H and O–H groups in total. The SMILES string of the molecule is CO[C@@H]1O[C@H](C(=O)O)[C@@H](O)[C@H](O)[C@H]1C. The molecule has 1 aliphatic rings. The molecule has 0 aromatic rings. The minimum atomic E-state index is -1.44. The Labute approximate surface area is 81.1 Å². The monoisotopic (exact) mass is 206 g/mol. The van der Waals surface area contributed by atoms with Gasteiger partial charge in [0.1, 0.15) is 6.10 Å². The third-order valence-corrected chi connectivity index (χ3v) is 2.38. The molecule has 6 nitrogen and oxygen atoms in total. The Balaban J connectivity index is 2.78. The van der Waals surface area contributed by atoms with Crippen LogP contribution in [0.25, 0.3) is 0 Å². The highest BCUT2D eigenvalue weighted by molar-refractivity contribution is 5.73. The normalized spacial score (nSPS) is 43.6. The third kappa shape index (κ3) is 1.88. The van der Waals surface area contributed by atoms with Gasteiger partial charge in [-0.25, -0.2) is 4.79 Å². The number of aliphatic hydroxyl groups excluding tert-OH is 2. The fraction of sp³-hybridized carbons (Fsp3) is 0.875. The van der Waals surface area contributed by atoms with Crippen molar-refractivity contribution in [2.24, 2.45) is 5.92 Å². The average molecular weight is 206 g/mol. The summed E-state index contributed by atoms with van der Waals surface area (Å²) in [5, 5.41) is 27.5. The molecule has 6 heteroatoms. The van der Waals surface area contributed by atoms with Crippen LogP contribution in [0.3, 0.4) is 0 Å². The van der Waals surface area contributed by atoms with Crippen molar-refractivity contribution < 1.29 is 29.6 Å². The van der Waals surface area contributed by atoms with Crippen LogP contribution in [0.15, 0.2) is 0 Å². The van der Waals surface area contributed by atoms with Crippen molar-refractivity contribution in [2.75, 3.05) is 7.11 Å². The van der Waals surface area contributed by atoms with E-state index in [0.717, 1.165) is 0 Å². The van der Waals surface area contributed by atoms with Gasteiger partial charge in [-0.2, -0.15) is 0 Å². The van der Waals surface area contributed by atoms with E-state index in [1.165, 1.54) is 7.11 Å². The second-order valence-electron chi connectivity index (χ2n) is 3.34. The molecule has 5 atom stereocenters. The van der Waals surface area contributed by atoms with Gasteiger partial charge in [0, 0.05) is 13.0 Å². The zero-order chi connectivity index (χ0) is 10.9. The van der Waals surface area contributed by atoms with Crippen LogP contribution in [0.1, 0.15) is 6.92 Å². The molecular formula is C8H14O6. The molecule has 82 valence electrons.